The number of hydrogen-bond donors (Lipinski definition) is 0. The fourth-order valence-electron chi connectivity index (χ4n) is 3.41. The topological polar surface area (TPSA) is 78.0 Å². The SMILES string of the molecule is CS(=O)(=O)N1CCCN(C(=O)/C=C\c2ccc(N3CCCC3=O)cc2)CC1. The molecule has 27 heavy (non-hydrogen) atoms. The van der Waals surface area contributed by atoms with Crippen molar-refractivity contribution < 1.29 is 18.0 Å². The number of hydrogen-bond acceptors (Lipinski definition) is 4. The second-order valence-corrected chi connectivity index (χ2v) is 8.90. The highest BCUT2D eigenvalue weighted by atomic mass is 32.2. The lowest BCUT2D eigenvalue weighted by Crippen LogP contribution is -2.36. The van der Waals surface area contributed by atoms with Gasteiger partial charge in [-0.05, 0) is 36.6 Å². The van der Waals surface area contributed by atoms with E-state index in [2.05, 4.69) is 0 Å². The van der Waals surface area contributed by atoms with Crippen molar-refractivity contribution in [2.45, 2.75) is 19.3 Å². The lowest BCUT2D eigenvalue weighted by Gasteiger charge is -2.19. The number of carbonyl (C=O) groups is 2. The summed E-state index contributed by atoms with van der Waals surface area (Å²) in [5.41, 5.74) is 1.76. The van der Waals surface area contributed by atoms with E-state index >= 15 is 0 Å². The summed E-state index contributed by atoms with van der Waals surface area (Å²) in [6, 6.07) is 7.56. The molecular formula is C19H25N3O4S. The third-order valence-corrected chi connectivity index (χ3v) is 6.24. The van der Waals surface area contributed by atoms with E-state index in [1.807, 2.05) is 24.3 Å². The first-order valence-corrected chi connectivity index (χ1v) is 11.0. The van der Waals surface area contributed by atoms with Crippen LogP contribution in [0.5, 0.6) is 0 Å². The Morgan fingerprint density at radius 1 is 1.00 bits per heavy atom. The number of rotatable bonds is 4. The van der Waals surface area contributed by atoms with Crippen LogP contribution in [-0.4, -0.2) is 68.4 Å². The average molecular weight is 391 g/mol. The van der Waals surface area contributed by atoms with E-state index < -0.39 is 10.0 Å². The maximum Gasteiger partial charge on any atom is 0.246 e. The molecule has 2 aliphatic heterocycles. The number of amides is 2. The molecule has 0 N–H and O–H groups in total. The second-order valence-electron chi connectivity index (χ2n) is 6.91. The minimum atomic E-state index is -3.22. The molecule has 0 saturated carbocycles. The highest BCUT2D eigenvalue weighted by Crippen LogP contribution is 2.22. The van der Waals surface area contributed by atoms with Gasteiger partial charge < -0.3 is 9.80 Å². The number of nitrogens with zero attached hydrogens (tertiary/aromatic N) is 3. The van der Waals surface area contributed by atoms with Gasteiger partial charge in [-0.3, -0.25) is 9.59 Å². The minimum Gasteiger partial charge on any atom is -0.338 e. The number of sulfonamides is 1. The number of anilines is 1. The van der Waals surface area contributed by atoms with Crippen LogP contribution in [0.25, 0.3) is 6.08 Å². The van der Waals surface area contributed by atoms with Gasteiger partial charge in [0.25, 0.3) is 0 Å². The molecule has 0 radical (unpaired) electrons. The molecule has 0 aliphatic carbocycles. The predicted octanol–water partition coefficient (Wildman–Crippen LogP) is 1.32. The van der Waals surface area contributed by atoms with Gasteiger partial charge >= 0.3 is 0 Å². The van der Waals surface area contributed by atoms with Crippen LogP contribution in [0.3, 0.4) is 0 Å². The molecule has 146 valence electrons. The number of benzene rings is 1. The monoisotopic (exact) mass is 391 g/mol. The Hall–Kier alpha value is -2.19. The molecule has 3 rings (SSSR count). The molecule has 1 aromatic rings. The van der Waals surface area contributed by atoms with Crippen molar-refractivity contribution >= 4 is 33.6 Å². The molecular weight excluding hydrogens is 366 g/mol. The lowest BCUT2D eigenvalue weighted by molar-refractivity contribution is -0.125. The van der Waals surface area contributed by atoms with Crippen molar-refractivity contribution in [3.05, 3.63) is 35.9 Å². The molecule has 0 aromatic heterocycles. The van der Waals surface area contributed by atoms with Crippen LogP contribution < -0.4 is 4.90 Å². The van der Waals surface area contributed by atoms with E-state index in [0.29, 0.717) is 39.0 Å². The molecule has 0 atom stereocenters. The zero-order chi connectivity index (χ0) is 19.4. The fraction of sp³-hybridized carbons (Fsp3) is 0.474. The van der Waals surface area contributed by atoms with Gasteiger partial charge in [0.1, 0.15) is 0 Å². The molecule has 2 amide bonds. The molecule has 0 bridgehead atoms. The second kappa shape index (κ2) is 8.22. The van der Waals surface area contributed by atoms with Gasteiger partial charge in [0.2, 0.25) is 21.8 Å². The van der Waals surface area contributed by atoms with Gasteiger partial charge in [-0.2, -0.15) is 0 Å². The van der Waals surface area contributed by atoms with Crippen LogP contribution in [-0.2, 0) is 19.6 Å². The maximum absolute atomic E-state index is 12.4. The molecule has 2 saturated heterocycles. The standard InChI is InChI=1S/C19H25N3O4S/c1-27(25,26)21-12-3-11-20(14-15-21)18(23)10-7-16-5-8-17(9-6-16)22-13-2-4-19(22)24/h5-10H,2-4,11-15H2,1H3/b10-7-. The van der Waals surface area contributed by atoms with Crippen LogP contribution in [0.2, 0.25) is 0 Å². The largest absolute Gasteiger partial charge is 0.338 e. The van der Waals surface area contributed by atoms with Gasteiger partial charge in [0.05, 0.1) is 6.26 Å². The molecule has 7 nitrogen and oxygen atoms in total. The Labute approximate surface area is 160 Å². The molecule has 2 aliphatic rings. The first-order valence-electron chi connectivity index (χ1n) is 9.17. The van der Waals surface area contributed by atoms with Crippen LogP contribution >= 0.6 is 0 Å². The normalized spacial score (nSPS) is 19.7. The third-order valence-electron chi connectivity index (χ3n) is 4.93. The van der Waals surface area contributed by atoms with E-state index in [-0.39, 0.29) is 11.8 Å². The van der Waals surface area contributed by atoms with Gasteiger partial charge in [-0.25, -0.2) is 12.7 Å². The van der Waals surface area contributed by atoms with E-state index in [0.717, 1.165) is 24.2 Å². The summed E-state index contributed by atoms with van der Waals surface area (Å²) in [7, 11) is -3.22. The van der Waals surface area contributed by atoms with Gasteiger partial charge in [0, 0.05) is 50.9 Å². The Kier molecular flexibility index (Phi) is 5.96. The molecule has 8 heteroatoms. The molecule has 0 spiro atoms. The zero-order valence-electron chi connectivity index (χ0n) is 15.5. The first-order chi connectivity index (χ1) is 12.8. The van der Waals surface area contributed by atoms with Gasteiger partial charge in [-0.15, -0.1) is 0 Å². The number of carbonyl (C=O) groups excluding carboxylic acids is 2. The van der Waals surface area contributed by atoms with Crippen molar-refractivity contribution in [3.8, 4) is 0 Å². The fourth-order valence-corrected chi connectivity index (χ4v) is 4.28. The summed E-state index contributed by atoms with van der Waals surface area (Å²) in [4.78, 5) is 27.7. The maximum atomic E-state index is 12.4. The average Bonchev–Trinajstić information content (AvgIpc) is 2.90. The summed E-state index contributed by atoms with van der Waals surface area (Å²) < 4.78 is 24.7. The smallest absolute Gasteiger partial charge is 0.246 e. The summed E-state index contributed by atoms with van der Waals surface area (Å²) >= 11 is 0. The Bertz CT molecular complexity index is 833. The Morgan fingerprint density at radius 2 is 1.74 bits per heavy atom. The molecule has 2 heterocycles. The third kappa shape index (κ3) is 4.95. The molecule has 1 aromatic carbocycles. The summed E-state index contributed by atoms with van der Waals surface area (Å²) in [6.07, 6.45) is 6.59. The minimum absolute atomic E-state index is 0.121. The quantitative estimate of drug-likeness (QED) is 0.726. The van der Waals surface area contributed by atoms with Gasteiger partial charge in [-0.1, -0.05) is 12.1 Å². The lowest BCUT2D eigenvalue weighted by atomic mass is 10.2. The highest BCUT2D eigenvalue weighted by molar-refractivity contribution is 7.88. The predicted molar refractivity (Wildman–Crippen MR) is 105 cm³/mol. The van der Waals surface area contributed by atoms with E-state index in [1.54, 1.807) is 15.9 Å². The molecule has 2 fully saturated rings. The van der Waals surface area contributed by atoms with Crippen molar-refractivity contribution in [2.24, 2.45) is 0 Å². The Balaban J connectivity index is 1.59. The molecule has 0 unspecified atom stereocenters. The van der Waals surface area contributed by atoms with E-state index in [1.165, 1.54) is 16.6 Å². The van der Waals surface area contributed by atoms with Crippen LogP contribution in [0.15, 0.2) is 30.3 Å². The van der Waals surface area contributed by atoms with E-state index in [4.69, 9.17) is 0 Å². The summed E-state index contributed by atoms with van der Waals surface area (Å²) in [5.74, 6) is 0.0296. The van der Waals surface area contributed by atoms with Gasteiger partial charge in [0.15, 0.2) is 0 Å². The summed E-state index contributed by atoms with van der Waals surface area (Å²) in [5, 5.41) is 0. The van der Waals surface area contributed by atoms with Crippen LogP contribution in [0.4, 0.5) is 5.69 Å². The van der Waals surface area contributed by atoms with Crippen molar-refractivity contribution in [3.63, 3.8) is 0 Å². The van der Waals surface area contributed by atoms with Crippen LogP contribution in [0.1, 0.15) is 24.8 Å². The summed E-state index contributed by atoms with van der Waals surface area (Å²) in [6.45, 7) is 2.48. The van der Waals surface area contributed by atoms with Crippen LogP contribution in [0, 0.1) is 0 Å². The highest BCUT2D eigenvalue weighted by Gasteiger charge is 2.23. The zero-order valence-corrected chi connectivity index (χ0v) is 16.3. The van der Waals surface area contributed by atoms with Crippen molar-refractivity contribution in [1.82, 2.24) is 9.21 Å². The van der Waals surface area contributed by atoms with Crippen molar-refractivity contribution in [2.75, 3.05) is 43.9 Å². The Morgan fingerprint density at radius 3 is 2.37 bits per heavy atom. The van der Waals surface area contributed by atoms with Crippen molar-refractivity contribution in [1.29, 1.82) is 0 Å². The van der Waals surface area contributed by atoms with E-state index in [9.17, 15) is 18.0 Å². The first kappa shape index (κ1) is 19.6.